The van der Waals surface area contributed by atoms with Crippen LogP contribution in [0.15, 0.2) is 114 Å². The fraction of sp³-hybridized carbons (Fsp3) is 0.133. The Hall–Kier alpha value is -3.42. The molecule has 0 fully saturated rings. The zero-order valence-electron chi connectivity index (χ0n) is 18.0. The van der Waals surface area contributed by atoms with Crippen molar-refractivity contribution in [3.8, 4) is 0 Å². The van der Waals surface area contributed by atoms with E-state index in [1.54, 1.807) is 0 Å². The minimum atomic E-state index is -1.28. The number of rotatable bonds is 4. The van der Waals surface area contributed by atoms with E-state index in [0.717, 1.165) is 39.4 Å². The molecule has 0 spiro atoms. The number of benzene rings is 4. The first-order valence-corrected chi connectivity index (χ1v) is 10.8. The first kappa shape index (κ1) is 19.5. The molecule has 152 valence electrons. The lowest BCUT2D eigenvalue weighted by atomic mass is 9.74. The zero-order valence-corrected chi connectivity index (χ0v) is 18.0. The molecule has 1 nitrogen and oxygen atoms in total. The third kappa shape index (κ3) is 3.22. The van der Waals surface area contributed by atoms with Gasteiger partial charge in [-0.05, 0) is 58.9 Å². The van der Waals surface area contributed by atoms with Crippen LogP contribution in [0, 0.1) is 0 Å². The Morgan fingerprint density at radius 1 is 0.677 bits per heavy atom. The van der Waals surface area contributed by atoms with Gasteiger partial charge in [0, 0.05) is 5.56 Å². The van der Waals surface area contributed by atoms with Crippen LogP contribution in [0.2, 0.25) is 0 Å². The summed E-state index contributed by atoms with van der Waals surface area (Å²) < 4.78 is 0. The molecule has 0 aliphatic heterocycles. The smallest absolute Gasteiger partial charge is 0.141 e. The van der Waals surface area contributed by atoms with E-state index >= 15 is 0 Å². The van der Waals surface area contributed by atoms with Gasteiger partial charge in [0.15, 0.2) is 0 Å². The molecule has 1 aliphatic carbocycles. The first-order valence-electron chi connectivity index (χ1n) is 10.8. The van der Waals surface area contributed by atoms with E-state index in [0.29, 0.717) is 0 Å². The van der Waals surface area contributed by atoms with E-state index < -0.39 is 5.60 Å². The van der Waals surface area contributed by atoms with Crippen molar-refractivity contribution in [3.63, 3.8) is 0 Å². The normalized spacial score (nSPS) is 14.2. The third-order valence-corrected chi connectivity index (χ3v) is 6.39. The molecule has 0 amide bonds. The summed E-state index contributed by atoms with van der Waals surface area (Å²) in [4.78, 5) is 0. The van der Waals surface area contributed by atoms with Gasteiger partial charge in [-0.1, -0.05) is 109 Å². The predicted octanol–water partition coefficient (Wildman–Crippen LogP) is 7.25. The van der Waals surface area contributed by atoms with Gasteiger partial charge in [-0.3, -0.25) is 0 Å². The van der Waals surface area contributed by atoms with Gasteiger partial charge in [-0.15, -0.1) is 0 Å². The van der Waals surface area contributed by atoms with Gasteiger partial charge in [0.2, 0.25) is 0 Å². The van der Waals surface area contributed by atoms with Crippen molar-refractivity contribution in [1.29, 1.82) is 0 Å². The first-order chi connectivity index (χ1) is 15.1. The van der Waals surface area contributed by atoms with Crippen LogP contribution in [0.1, 0.15) is 42.5 Å². The molecule has 1 N–H and O–H groups in total. The van der Waals surface area contributed by atoms with E-state index in [4.69, 9.17) is 0 Å². The highest BCUT2D eigenvalue weighted by molar-refractivity contribution is 5.94. The van der Waals surface area contributed by atoms with E-state index in [1.165, 1.54) is 16.7 Å². The quantitative estimate of drug-likeness (QED) is 0.357. The van der Waals surface area contributed by atoms with Crippen LogP contribution < -0.4 is 0 Å². The SMILES string of the molecule is CC1=CC(C)=C(c2ccc3ccccc3c2C(O)(c2ccccc2)c2ccccc2)C1. The number of aliphatic hydroxyl groups is 1. The van der Waals surface area contributed by atoms with Crippen LogP contribution in [-0.2, 0) is 5.60 Å². The summed E-state index contributed by atoms with van der Waals surface area (Å²) in [5, 5.41) is 14.9. The molecule has 0 atom stereocenters. The van der Waals surface area contributed by atoms with E-state index in [1.807, 2.05) is 60.7 Å². The van der Waals surface area contributed by atoms with E-state index in [-0.39, 0.29) is 0 Å². The molecule has 0 aromatic heterocycles. The van der Waals surface area contributed by atoms with Gasteiger partial charge in [0.25, 0.3) is 0 Å². The second kappa shape index (κ2) is 7.68. The van der Waals surface area contributed by atoms with Crippen molar-refractivity contribution in [1.82, 2.24) is 0 Å². The average Bonchev–Trinajstić information content (AvgIpc) is 3.16. The van der Waals surface area contributed by atoms with Gasteiger partial charge in [-0.2, -0.15) is 0 Å². The predicted molar refractivity (Wildman–Crippen MR) is 130 cm³/mol. The van der Waals surface area contributed by atoms with Crippen LogP contribution in [0.5, 0.6) is 0 Å². The Bertz CT molecular complexity index is 1270. The number of hydrogen-bond donors (Lipinski definition) is 1. The average molecular weight is 403 g/mol. The molecular weight excluding hydrogens is 376 g/mol. The summed E-state index contributed by atoms with van der Waals surface area (Å²) in [5.74, 6) is 0. The molecule has 1 heteroatoms. The number of allylic oxidation sites excluding steroid dienone is 4. The Balaban J connectivity index is 1.91. The standard InChI is InChI=1S/C30H26O/c1-21-19-22(2)28(20-21)27-18-17-23-11-9-10-16-26(23)29(27)30(31,24-12-5-3-6-13-24)25-14-7-4-8-15-25/h3-19,31H,20H2,1-2H3. The summed E-state index contributed by atoms with van der Waals surface area (Å²) in [6, 6.07) is 32.8. The molecule has 4 aromatic rings. The van der Waals surface area contributed by atoms with E-state index in [2.05, 4.69) is 56.3 Å². The Morgan fingerprint density at radius 3 is 1.84 bits per heavy atom. The van der Waals surface area contributed by atoms with Crippen molar-refractivity contribution in [2.24, 2.45) is 0 Å². The topological polar surface area (TPSA) is 20.2 Å². The Labute approximate surface area is 184 Å². The number of hydrogen-bond acceptors (Lipinski definition) is 1. The van der Waals surface area contributed by atoms with Crippen LogP contribution >= 0.6 is 0 Å². The molecule has 0 saturated carbocycles. The maximum Gasteiger partial charge on any atom is 0.141 e. The van der Waals surface area contributed by atoms with Crippen molar-refractivity contribution < 1.29 is 5.11 Å². The Morgan fingerprint density at radius 2 is 1.26 bits per heavy atom. The molecule has 0 heterocycles. The molecule has 0 bridgehead atoms. The summed E-state index contributed by atoms with van der Waals surface area (Å²) >= 11 is 0. The minimum Gasteiger partial charge on any atom is -0.376 e. The summed E-state index contributed by atoms with van der Waals surface area (Å²) in [6.07, 6.45) is 3.18. The lowest BCUT2D eigenvalue weighted by Crippen LogP contribution is -2.30. The second-order valence-electron chi connectivity index (χ2n) is 8.48. The van der Waals surface area contributed by atoms with Crippen LogP contribution in [-0.4, -0.2) is 5.11 Å². The number of fused-ring (bicyclic) bond motifs is 1. The highest BCUT2D eigenvalue weighted by atomic mass is 16.3. The summed E-state index contributed by atoms with van der Waals surface area (Å²) in [6.45, 7) is 4.35. The van der Waals surface area contributed by atoms with Crippen molar-refractivity contribution >= 4 is 16.3 Å². The Kier molecular flexibility index (Phi) is 4.84. The highest BCUT2D eigenvalue weighted by Crippen LogP contribution is 2.46. The van der Waals surface area contributed by atoms with Crippen molar-refractivity contribution in [2.45, 2.75) is 25.9 Å². The molecule has 4 aromatic carbocycles. The maximum atomic E-state index is 12.7. The molecule has 0 radical (unpaired) electrons. The fourth-order valence-corrected chi connectivity index (χ4v) is 4.96. The van der Waals surface area contributed by atoms with Crippen molar-refractivity contribution in [2.75, 3.05) is 0 Å². The third-order valence-electron chi connectivity index (χ3n) is 6.39. The minimum absolute atomic E-state index is 0.875. The molecule has 5 rings (SSSR count). The molecular formula is C30H26O. The zero-order chi connectivity index (χ0) is 21.4. The molecule has 0 unspecified atom stereocenters. The van der Waals surface area contributed by atoms with Gasteiger partial charge >= 0.3 is 0 Å². The lowest BCUT2D eigenvalue weighted by molar-refractivity contribution is 0.127. The fourth-order valence-electron chi connectivity index (χ4n) is 4.96. The van der Waals surface area contributed by atoms with Crippen LogP contribution in [0.25, 0.3) is 16.3 Å². The van der Waals surface area contributed by atoms with E-state index in [9.17, 15) is 5.11 Å². The highest BCUT2D eigenvalue weighted by Gasteiger charge is 2.38. The molecule has 31 heavy (non-hydrogen) atoms. The largest absolute Gasteiger partial charge is 0.376 e. The van der Waals surface area contributed by atoms with Gasteiger partial charge in [0.05, 0.1) is 0 Å². The lowest BCUT2D eigenvalue weighted by Gasteiger charge is -2.34. The van der Waals surface area contributed by atoms with Crippen LogP contribution in [0.3, 0.4) is 0 Å². The molecule has 1 aliphatic rings. The van der Waals surface area contributed by atoms with Gasteiger partial charge < -0.3 is 5.11 Å². The van der Waals surface area contributed by atoms with Gasteiger partial charge in [-0.25, -0.2) is 0 Å². The summed E-state index contributed by atoms with van der Waals surface area (Å²) in [5.41, 5.74) is 6.48. The van der Waals surface area contributed by atoms with Gasteiger partial charge in [0.1, 0.15) is 5.60 Å². The second-order valence-corrected chi connectivity index (χ2v) is 8.48. The van der Waals surface area contributed by atoms with Crippen molar-refractivity contribution in [3.05, 3.63) is 137 Å². The molecule has 0 saturated heterocycles. The monoisotopic (exact) mass is 402 g/mol. The van der Waals surface area contributed by atoms with Crippen LogP contribution in [0.4, 0.5) is 0 Å². The maximum absolute atomic E-state index is 12.7. The summed E-state index contributed by atoms with van der Waals surface area (Å²) in [7, 11) is 0.